The van der Waals surface area contributed by atoms with Crippen LogP contribution in [0.4, 0.5) is 24.5 Å². The number of nitriles is 1. The fraction of sp³-hybridized carbons (Fsp3) is 0.534. The lowest BCUT2D eigenvalue weighted by Crippen LogP contribution is -2.50. The number of aliphatic hydroxyl groups is 1. The van der Waals surface area contributed by atoms with Crippen molar-refractivity contribution in [3.8, 4) is 22.3 Å². The second kappa shape index (κ2) is 29.7. The molecule has 3 atom stereocenters. The third-order valence-electron chi connectivity index (χ3n) is 13.7. The highest BCUT2D eigenvalue weighted by Crippen LogP contribution is 2.40. The van der Waals surface area contributed by atoms with Gasteiger partial charge in [-0.3, -0.25) is 24.1 Å². The van der Waals surface area contributed by atoms with Crippen molar-refractivity contribution in [2.24, 2.45) is 11.3 Å². The number of thiocarbonyl (C=S) groups is 1. The van der Waals surface area contributed by atoms with Crippen molar-refractivity contribution in [2.45, 2.75) is 110 Å². The van der Waals surface area contributed by atoms with Gasteiger partial charge in [0.1, 0.15) is 30.5 Å². The van der Waals surface area contributed by atoms with Gasteiger partial charge in [0, 0.05) is 64.0 Å². The molecule has 0 saturated carbocycles. The minimum Gasteiger partial charge on any atom is -0.491 e. The predicted octanol–water partition coefficient (Wildman–Crippen LogP) is 8.85. The molecule has 0 aliphatic carbocycles. The van der Waals surface area contributed by atoms with E-state index in [4.69, 9.17) is 40.6 Å². The van der Waals surface area contributed by atoms with Crippen LogP contribution in [0.15, 0.2) is 72.2 Å². The van der Waals surface area contributed by atoms with E-state index in [1.807, 2.05) is 57.5 Å². The second-order valence-corrected chi connectivity index (χ2v) is 22.4. The number of β-amino-alcohol motifs (C(OH)–C–C–N with tert-alkyl or cyclic N) is 1. The smallest absolute Gasteiger partial charge is 0.417 e. The Morgan fingerprint density at radius 1 is 0.850 bits per heavy atom. The Bertz CT molecular complexity index is 2750. The molecule has 0 bridgehead atoms. The molecule has 6 rings (SSSR count). The molecule has 3 heterocycles. The molecular weight excluding hydrogens is 1080 g/mol. The van der Waals surface area contributed by atoms with Crippen molar-refractivity contribution in [2.75, 3.05) is 89.0 Å². The van der Waals surface area contributed by atoms with Gasteiger partial charge in [-0.15, -0.1) is 11.3 Å². The molecule has 2 aliphatic rings. The van der Waals surface area contributed by atoms with Crippen molar-refractivity contribution in [1.29, 1.82) is 5.26 Å². The summed E-state index contributed by atoms with van der Waals surface area (Å²) in [6.07, 6.45) is -2.26. The maximum Gasteiger partial charge on any atom is 0.417 e. The molecule has 2 aliphatic heterocycles. The lowest BCUT2D eigenvalue weighted by atomic mass is 9.77. The summed E-state index contributed by atoms with van der Waals surface area (Å²) in [6.45, 7) is 15.3. The number of unbranched alkanes of at least 4 members (excludes halogenated alkanes) is 2. The van der Waals surface area contributed by atoms with Gasteiger partial charge in [-0.1, -0.05) is 45.0 Å². The van der Waals surface area contributed by atoms with E-state index in [1.165, 1.54) is 11.0 Å². The van der Waals surface area contributed by atoms with Crippen LogP contribution in [0.3, 0.4) is 0 Å². The van der Waals surface area contributed by atoms with E-state index in [0.717, 1.165) is 64.4 Å². The maximum absolute atomic E-state index is 14.0. The number of Topliss-reactive ketones (excluding diaryl/α,β-unsaturated/α-hetero) is 1. The zero-order valence-electron chi connectivity index (χ0n) is 46.3. The zero-order valence-corrected chi connectivity index (χ0v) is 47.9. The lowest BCUT2D eigenvalue weighted by molar-refractivity contribution is -0.146. The van der Waals surface area contributed by atoms with Crippen molar-refractivity contribution in [3.63, 3.8) is 0 Å². The van der Waals surface area contributed by atoms with Gasteiger partial charge < -0.3 is 48.6 Å². The Hall–Kier alpha value is -5.90. The Kier molecular flexibility index (Phi) is 23.5. The number of hydrogen-bond acceptors (Lipinski definition) is 15. The van der Waals surface area contributed by atoms with Crippen LogP contribution in [0.5, 0.6) is 5.75 Å². The van der Waals surface area contributed by atoms with E-state index in [0.29, 0.717) is 64.3 Å². The zero-order chi connectivity index (χ0) is 58.0. The summed E-state index contributed by atoms with van der Waals surface area (Å²) in [7, 11) is 0. The summed E-state index contributed by atoms with van der Waals surface area (Å²) in [5.41, 5.74) is 1.67. The first kappa shape index (κ1) is 63.3. The average molecular weight is 1150 g/mol. The quantitative estimate of drug-likeness (QED) is 0.0357. The highest BCUT2D eigenvalue weighted by molar-refractivity contribution is 7.81. The van der Waals surface area contributed by atoms with Gasteiger partial charge in [-0.25, -0.2) is 4.98 Å². The van der Waals surface area contributed by atoms with E-state index in [2.05, 4.69) is 10.3 Å². The van der Waals surface area contributed by atoms with Crippen molar-refractivity contribution in [1.82, 2.24) is 15.2 Å². The van der Waals surface area contributed by atoms with Gasteiger partial charge in [0.05, 0.1) is 78.1 Å². The van der Waals surface area contributed by atoms with Crippen LogP contribution in [-0.2, 0) is 55.6 Å². The predicted molar refractivity (Wildman–Crippen MR) is 300 cm³/mol. The van der Waals surface area contributed by atoms with Crippen molar-refractivity contribution >= 4 is 63.5 Å². The highest BCUT2D eigenvalue weighted by Gasteiger charge is 2.51. The van der Waals surface area contributed by atoms with Gasteiger partial charge >= 0.3 is 6.18 Å². The molecule has 17 nitrogen and oxygen atoms in total. The lowest BCUT2D eigenvalue weighted by Gasteiger charge is -2.34. The minimum absolute atomic E-state index is 0.000442. The number of nitrogens with one attached hydrogen (secondary N) is 1. The topological polar surface area (TPSA) is 202 Å². The van der Waals surface area contributed by atoms with Crippen LogP contribution in [0.25, 0.3) is 10.4 Å². The summed E-state index contributed by atoms with van der Waals surface area (Å²) in [5, 5.41) is 22.7. The fourth-order valence-corrected chi connectivity index (χ4v) is 10.6. The number of carbonyl (C=O) groups is 4. The molecule has 0 unspecified atom stereocenters. The molecule has 434 valence electrons. The summed E-state index contributed by atoms with van der Waals surface area (Å²) >= 11 is 7.18. The number of alkyl halides is 3. The number of aliphatic hydroxyl groups excluding tert-OH is 1. The SMILES string of the molecule is Cc1ncsc1-c1ccc(CNC(=O)[C@@H]2C[C@@H](O)CN2C(=O)[C@@H](CC(=O)COCCOCCCCOCCCCOCCOCCOc2ccc(N3C(=S)N(c4ccc(C#N)c(C(F)(F)F)c4)C(=O)C3(C)C)cc2)C(C)(C)C)cc1. The fourth-order valence-electron chi connectivity index (χ4n) is 9.23. The number of benzene rings is 3. The second-order valence-electron chi connectivity index (χ2n) is 21.2. The first-order valence-electron chi connectivity index (χ1n) is 26.8. The Labute approximate surface area is 475 Å². The molecular formula is C58H73F3N6O11S2. The number of likely N-dealkylation sites (tertiary alicyclic amines) is 1. The average Bonchev–Trinajstić information content (AvgIpc) is 4.14. The van der Waals surface area contributed by atoms with Gasteiger partial charge in [0.25, 0.3) is 5.91 Å². The van der Waals surface area contributed by atoms with Gasteiger partial charge in [0.2, 0.25) is 11.8 Å². The van der Waals surface area contributed by atoms with E-state index >= 15 is 0 Å². The number of halogens is 3. The molecule has 0 radical (unpaired) electrons. The minimum atomic E-state index is -4.80. The number of aryl methyl sites for hydroxylation is 1. The summed E-state index contributed by atoms with van der Waals surface area (Å²) in [4.78, 5) is 63.5. The van der Waals surface area contributed by atoms with Crippen molar-refractivity contribution in [3.05, 3.63) is 94.6 Å². The number of ether oxygens (including phenoxy) is 6. The van der Waals surface area contributed by atoms with Crippen LogP contribution < -0.4 is 19.9 Å². The van der Waals surface area contributed by atoms with E-state index in [-0.39, 0.29) is 74.1 Å². The number of amides is 3. The largest absolute Gasteiger partial charge is 0.491 e. The monoisotopic (exact) mass is 1150 g/mol. The van der Waals surface area contributed by atoms with Crippen LogP contribution in [0, 0.1) is 29.6 Å². The van der Waals surface area contributed by atoms with Gasteiger partial charge in [-0.05, 0) is 118 Å². The Balaban J connectivity index is 0.744. The Morgan fingerprint density at radius 3 is 2.00 bits per heavy atom. The van der Waals surface area contributed by atoms with Crippen LogP contribution in [-0.4, -0.2) is 141 Å². The number of rotatable bonds is 31. The number of ketones is 1. The van der Waals surface area contributed by atoms with E-state index < -0.39 is 52.2 Å². The number of carbonyl (C=O) groups excluding carboxylic acids is 4. The molecule has 0 spiro atoms. The Morgan fingerprint density at radius 2 is 1.43 bits per heavy atom. The number of thiazole rings is 1. The molecule has 2 N–H and O–H groups in total. The standard InChI is InChI=1S/C58H73F3N6O11S2/c1-39-51(80-38-64-39)41-13-11-40(12-14-41)35-63-52(70)50-33-45(68)36-65(50)53(71)49(56(2,3)4)32-46(69)37-77-28-27-75-24-10-8-22-73-21-7-9-23-74-25-26-76-29-30-78-47-19-17-43(18-20-47)67-55(79)66(54(72)57(67,5)6)44-16-15-42(34-62)48(31-44)58(59,60)61/h11-20,31,38,45,49-50,68H,7-10,21-30,32-33,35-37H2,1-6H3,(H,63,70)/t45-,49-,50+/m1/s1. The molecule has 4 aromatic rings. The number of hydrogen-bond donors (Lipinski definition) is 2. The molecule has 3 aromatic carbocycles. The van der Waals surface area contributed by atoms with Gasteiger partial charge in [-0.2, -0.15) is 18.4 Å². The molecule has 2 saturated heterocycles. The number of nitrogens with zero attached hydrogens (tertiary/aromatic N) is 5. The summed E-state index contributed by atoms with van der Waals surface area (Å²) < 4.78 is 75.2. The third-order valence-corrected chi connectivity index (χ3v) is 15.0. The first-order valence-corrected chi connectivity index (χ1v) is 28.1. The normalized spacial score (nSPS) is 16.8. The molecule has 2 fully saturated rings. The van der Waals surface area contributed by atoms with Gasteiger partial charge in [0.15, 0.2) is 10.9 Å². The highest BCUT2D eigenvalue weighted by atomic mass is 32.1. The molecule has 80 heavy (non-hydrogen) atoms. The molecule has 22 heteroatoms. The van der Waals surface area contributed by atoms with Crippen LogP contribution in [0.2, 0.25) is 0 Å². The van der Waals surface area contributed by atoms with Crippen LogP contribution >= 0.6 is 23.6 Å². The third kappa shape index (κ3) is 17.6. The number of aromatic nitrogens is 1. The molecule has 1 aromatic heterocycles. The summed E-state index contributed by atoms with van der Waals surface area (Å²) in [6, 6.07) is 18.5. The van der Waals surface area contributed by atoms with Crippen LogP contribution in [0.1, 0.15) is 95.5 Å². The number of anilines is 2. The maximum atomic E-state index is 14.0. The molecule has 3 amide bonds. The summed E-state index contributed by atoms with van der Waals surface area (Å²) in [5.74, 6) is -1.61. The van der Waals surface area contributed by atoms with Crippen molar-refractivity contribution < 1.29 is 65.9 Å². The first-order chi connectivity index (χ1) is 38.1. The van der Waals surface area contributed by atoms with E-state index in [9.17, 15) is 42.7 Å². The van der Waals surface area contributed by atoms with E-state index in [1.54, 1.807) is 60.4 Å².